The number of carbonyl (C=O) groups is 13. The van der Waals surface area contributed by atoms with Crippen molar-refractivity contribution in [3.8, 4) is 0 Å². The molecule has 0 radical (unpaired) electrons. The number of nitrogens with one attached hydrogen (secondary N) is 11. The van der Waals surface area contributed by atoms with E-state index in [4.69, 9.17) is 5.73 Å². The highest BCUT2D eigenvalue weighted by Crippen LogP contribution is 2.27. The van der Waals surface area contributed by atoms with Crippen LogP contribution in [-0.4, -0.2) is 229 Å². The molecule has 2 aromatic rings. The highest BCUT2D eigenvalue weighted by molar-refractivity contribution is 8.77. The fraction of sp³-hybridized carbons (Fsp3) is 0.607. The lowest BCUT2D eigenvalue weighted by Crippen LogP contribution is -2.61. The Morgan fingerprint density at radius 1 is 0.589 bits per heavy atom. The van der Waals surface area contributed by atoms with Crippen LogP contribution in [-0.2, 0) is 75.2 Å². The van der Waals surface area contributed by atoms with Gasteiger partial charge in [-0.25, -0.2) is 9.78 Å². The van der Waals surface area contributed by atoms with Gasteiger partial charge in [0, 0.05) is 60.8 Å². The van der Waals surface area contributed by atoms with E-state index in [0.29, 0.717) is 36.9 Å². The van der Waals surface area contributed by atoms with E-state index in [-0.39, 0.29) is 81.0 Å². The van der Waals surface area contributed by atoms with Gasteiger partial charge in [-0.3, -0.25) is 57.5 Å². The minimum absolute atomic E-state index is 0.00838. The van der Waals surface area contributed by atoms with E-state index in [1.807, 2.05) is 6.92 Å². The molecular weight excluding hydrogens is 1250 g/mol. The van der Waals surface area contributed by atoms with Gasteiger partial charge in [0.25, 0.3) is 0 Å². The van der Waals surface area contributed by atoms with Crippen LogP contribution in [0.5, 0.6) is 0 Å². The first-order chi connectivity index (χ1) is 43.2. The van der Waals surface area contributed by atoms with E-state index >= 15 is 0 Å². The number of amides is 12. The second-order valence-corrected chi connectivity index (χ2v) is 26.9. The van der Waals surface area contributed by atoms with Gasteiger partial charge in [-0.15, -0.1) is 0 Å². The maximum Gasteiger partial charge on any atom is 0.327 e. The molecule has 12 amide bonds. The summed E-state index contributed by atoms with van der Waals surface area (Å²) >= 11 is 0. The summed E-state index contributed by atoms with van der Waals surface area (Å²) < 4.78 is 0. The molecule has 4 aliphatic rings. The zero-order valence-corrected chi connectivity index (χ0v) is 53.4. The Balaban J connectivity index is 1.45. The first-order valence-electron chi connectivity index (χ1n) is 29.9. The Hall–Kier alpha value is -7.14. The van der Waals surface area contributed by atoms with Gasteiger partial charge >= 0.3 is 5.97 Å². The summed E-state index contributed by atoms with van der Waals surface area (Å²) in [6, 6.07) is -8.41. The number of fused-ring (bicyclic) bond motifs is 10. The lowest BCUT2D eigenvalue weighted by molar-refractivity contribution is -0.144. The van der Waals surface area contributed by atoms with Crippen LogP contribution in [0.3, 0.4) is 0 Å². The molecule has 1 aromatic carbocycles. The number of aromatic amines is 1. The number of carboxylic acids is 1. The number of carbonyl (C=O) groups excluding carboxylic acids is 12. The van der Waals surface area contributed by atoms with Crippen molar-refractivity contribution in [2.75, 3.05) is 49.3 Å². The van der Waals surface area contributed by atoms with E-state index in [9.17, 15) is 72.5 Å². The third kappa shape index (κ3) is 20.7. The molecule has 34 heteroatoms. The molecule has 0 aliphatic carbocycles. The number of hydrogen-bond donors (Lipinski definition) is 14. The molecule has 15 N–H and O–H groups in total. The summed E-state index contributed by atoms with van der Waals surface area (Å²) in [4.78, 5) is 194. The number of aliphatic hydroxyl groups excluding tert-OH is 1. The van der Waals surface area contributed by atoms with Crippen LogP contribution in [0.25, 0.3) is 0 Å². The van der Waals surface area contributed by atoms with Crippen molar-refractivity contribution >= 4 is 120 Å². The second kappa shape index (κ2) is 36.0. The normalized spacial score (nSPS) is 28.3. The predicted octanol–water partition coefficient (Wildman–Crippen LogP) is -3.14. The smallest absolute Gasteiger partial charge is 0.327 e. The molecule has 4 fully saturated rings. The van der Waals surface area contributed by atoms with Crippen LogP contribution in [0.4, 0.5) is 0 Å². The van der Waals surface area contributed by atoms with Crippen LogP contribution in [0.1, 0.15) is 89.8 Å². The molecule has 30 nitrogen and oxygen atoms in total. The zero-order chi connectivity index (χ0) is 65.4. The number of aliphatic hydroxyl groups is 1. The highest BCUT2D eigenvalue weighted by atomic mass is 33.1. The van der Waals surface area contributed by atoms with Crippen molar-refractivity contribution in [1.82, 2.24) is 72.9 Å². The van der Waals surface area contributed by atoms with Crippen molar-refractivity contribution < 1.29 is 72.5 Å². The third-order valence-corrected chi connectivity index (χ3v) is 20.2. The molecule has 4 aliphatic heterocycles. The molecule has 1 aromatic heterocycles. The second-order valence-electron chi connectivity index (χ2n) is 21.8. The van der Waals surface area contributed by atoms with Crippen LogP contribution in [0.2, 0.25) is 0 Å². The maximum atomic E-state index is 14.9. The minimum Gasteiger partial charge on any atom is -0.480 e. The summed E-state index contributed by atoms with van der Waals surface area (Å²) in [5.41, 5.74) is 6.61. The molecule has 0 unspecified atom stereocenters. The number of nitrogens with two attached hydrogens (primary N) is 1. The van der Waals surface area contributed by atoms with E-state index in [2.05, 4.69) is 63.1 Å². The number of nitrogens with zero attached hydrogens (tertiary/aromatic N) is 3. The van der Waals surface area contributed by atoms with E-state index in [1.165, 1.54) is 22.3 Å². The van der Waals surface area contributed by atoms with Gasteiger partial charge in [0.05, 0.1) is 19.5 Å². The molecule has 90 heavy (non-hydrogen) atoms. The molecular formula is C56H81N15O15S4. The summed E-state index contributed by atoms with van der Waals surface area (Å²) in [5.74, 6) is -12.9. The van der Waals surface area contributed by atoms with Crippen LogP contribution in [0, 0.1) is 0 Å². The zero-order valence-electron chi connectivity index (χ0n) is 50.2. The topological polar surface area (TPSA) is 444 Å². The van der Waals surface area contributed by atoms with Crippen LogP contribution < -0.4 is 58.9 Å². The molecule has 494 valence electrons. The lowest BCUT2D eigenvalue weighted by atomic mass is 10.0. The number of hydrogen-bond acceptors (Lipinski definition) is 20. The summed E-state index contributed by atoms with van der Waals surface area (Å²) in [6.07, 6.45) is 4.54. The Bertz CT molecular complexity index is 2870. The maximum absolute atomic E-state index is 14.9. The monoisotopic (exact) mass is 1330 g/mol. The molecule has 12 atom stereocenters. The fourth-order valence-corrected chi connectivity index (χ4v) is 15.0. The predicted molar refractivity (Wildman–Crippen MR) is 335 cm³/mol. The fourth-order valence-electron chi connectivity index (χ4n) is 10.3. The van der Waals surface area contributed by atoms with Gasteiger partial charge in [0.2, 0.25) is 70.9 Å². The Kier molecular flexibility index (Phi) is 28.8. The van der Waals surface area contributed by atoms with E-state index < -0.39 is 163 Å². The lowest BCUT2D eigenvalue weighted by Gasteiger charge is -2.31. The van der Waals surface area contributed by atoms with Crippen LogP contribution >= 0.6 is 43.2 Å². The Labute approximate surface area is 535 Å². The number of unbranched alkanes of at least 4 members (excludes halogenated alkanes) is 1. The van der Waals surface area contributed by atoms with Gasteiger partial charge in [-0.2, -0.15) is 0 Å². The number of aromatic nitrogens is 2. The minimum atomic E-state index is -1.79. The van der Waals surface area contributed by atoms with Crippen molar-refractivity contribution in [3.05, 3.63) is 54.1 Å². The SMILES string of the molecule is CCCC[C@@H]1NC(=O)[C@H](CC)NC(=O)[C@H](Cc2ccccc2)NC(=O)[C@@H]2CSSC[C@H](NC(=O)CN)C(=O)N[C@@H](CSSC[C@@H](C(=O)O)NC(=O)[C@@H]3CCCN3C1=O)C(=O)N[C@@H](CO)C(=O)N[C@@H](Cc1cnc[nH]1)C(=O)N1CCC[C@H]1C(=O)N[C@@H](CC)C(=O)N2. The first-order valence-corrected chi connectivity index (χ1v) is 34.8. The summed E-state index contributed by atoms with van der Waals surface area (Å²) in [5, 5.41) is 47.3. The largest absolute Gasteiger partial charge is 0.480 e. The van der Waals surface area contributed by atoms with E-state index in [0.717, 1.165) is 43.2 Å². The number of benzene rings is 1. The van der Waals surface area contributed by atoms with Gasteiger partial charge in [-0.1, -0.05) is 107 Å². The molecule has 0 spiro atoms. The third-order valence-electron chi connectivity index (χ3n) is 15.4. The Morgan fingerprint density at radius 2 is 1.09 bits per heavy atom. The van der Waals surface area contributed by atoms with Gasteiger partial charge in [0.1, 0.15) is 72.5 Å². The van der Waals surface area contributed by atoms with Crippen molar-refractivity contribution in [3.63, 3.8) is 0 Å². The number of H-pyrrole nitrogens is 1. The molecule has 5 heterocycles. The highest BCUT2D eigenvalue weighted by Gasteiger charge is 2.43. The first kappa shape index (κ1) is 71.9. The van der Waals surface area contributed by atoms with Crippen LogP contribution in [0.15, 0.2) is 42.9 Å². The standard InChI is InChI=1S/C56H81N15O15S4/c1-4-7-15-34-54(83)70-18-11-17-43(70)53(82)69-41(56(85)86)28-90-89-27-40-51(80)66-37(24-72)48(77)65-36(21-31-23-58-29-59-31)55(84)71-19-12-16-42(71)52(81)62-33(6-3)46(75)67-39(26-88-87-25-38(49(78)68-40)60-44(73)22-57)50(79)64-35(20-30-13-9-8-10-14-30)47(76)61-32(5-2)45(74)63-34/h8-10,13-14,23,29,32-43,72H,4-7,11-12,15-22,24-28,57H2,1-3H3,(H,58,59)(H,60,73)(H,61,76)(H,62,81)(H,63,74)(H,64,79)(H,65,77)(H,66,80)(H,67,75)(H,68,78)(H,69,82)(H,85,86)/t32-,33-,34-,35-,36-,37-,38-,39-,40-,41-,42-,43-/m0/s1. The van der Waals surface area contributed by atoms with Gasteiger partial charge in [-0.05, 0) is 50.5 Å². The molecule has 2 bridgehead atoms. The van der Waals surface area contributed by atoms with Crippen molar-refractivity contribution in [2.45, 2.75) is 164 Å². The van der Waals surface area contributed by atoms with Crippen molar-refractivity contribution in [1.29, 1.82) is 0 Å². The average Bonchev–Trinajstić information content (AvgIpc) is 2.22. The number of rotatable bonds is 13. The average molecular weight is 1330 g/mol. The van der Waals surface area contributed by atoms with Crippen molar-refractivity contribution in [2.24, 2.45) is 5.73 Å². The quantitative estimate of drug-likeness (QED) is 0.0882. The number of aliphatic carboxylic acids is 1. The van der Waals surface area contributed by atoms with Gasteiger partial charge in [0.15, 0.2) is 0 Å². The number of imidazole rings is 1. The summed E-state index contributed by atoms with van der Waals surface area (Å²) in [7, 11) is 3.62. The number of carboxylic acid groups (broad SMARTS) is 1. The molecule has 0 saturated carbocycles. The Morgan fingerprint density at radius 3 is 1.66 bits per heavy atom. The molecule has 6 rings (SSSR count). The van der Waals surface area contributed by atoms with E-state index in [1.54, 1.807) is 44.2 Å². The van der Waals surface area contributed by atoms with Gasteiger partial charge < -0.3 is 83.9 Å². The molecule has 4 saturated heterocycles. The summed E-state index contributed by atoms with van der Waals surface area (Å²) in [6.45, 7) is 3.60.